The Balaban J connectivity index is 0.000000179. The molecule has 190 valence electrons. The highest BCUT2D eigenvalue weighted by atomic mass is 35.5. The topological polar surface area (TPSA) is 80.8 Å². The number of rotatable bonds is 6. The monoisotopic (exact) mass is 527 g/mol. The third kappa shape index (κ3) is 6.70. The van der Waals surface area contributed by atoms with Gasteiger partial charge in [-0.2, -0.15) is 0 Å². The number of ether oxygens (including phenoxy) is 2. The number of carbonyl (C=O) groups is 2. The molecule has 1 N–H and O–H groups in total. The van der Waals surface area contributed by atoms with E-state index >= 15 is 0 Å². The number of thiazole rings is 1. The van der Waals surface area contributed by atoms with Crippen LogP contribution in [0.5, 0.6) is 0 Å². The van der Waals surface area contributed by atoms with E-state index in [0.717, 1.165) is 41.1 Å². The van der Waals surface area contributed by atoms with E-state index < -0.39 is 11.9 Å². The van der Waals surface area contributed by atoms with Crippen LogP contribution in [0.25, 0.3) is 10.6 Å². The van der Waals surface area contributed by atoms with Crippen molar-refractivity contribution in [2.24, 2.45) is 0 Å². The molecule has 0 aliphatic carbocycles. The Morgan fingerprint density at radius 2 is 2.08 bits per heavy atom. The molecule has 2 saturated heterocycles. The summed E-state index contributed by atoms with van der Waals surface area (Å²) in [6.45, 7) is 5.32. The summed E-state index contributed by atoms with van der Waals surface area (Å²) in [5.41, 5.74) is 3.29. The van der Waals surface area contributed by atoms with Crippen molar-refractivity contribution in [2.45, 2.75) is 51.2 Å². The van der Waals surface area contributed by atoms with E-state index in [-0.39, 0.29) is 11.9 Å². The van der Waals surface area contributed by atoms with Gasteiger partial charge in [-0.1, -0.05) is 48.0 Å². The van der Waals surface area contributed by atoms with Gasteiger partial charge in [0, 0.05) is 35.3 Å². The first-order valence-corrected chi connectivity index (χ1v) is 13.2. The third-order valence-electron chi connectivity index (χ3n) is 6.08. The lowest BCUT2D eigenvalue weighted by atomic mass is 10.0. The normalized spacial score (nSPS) is 20.5. The second kappa shape index (κ2) is 12.0. The molecule has 0 radical (unpaired) electrons. The van der Waals surface area contributed by atoms with Gasteiger partial charge in [0.1, 0.15) is 5.01 Å². The summed E-state index contributed by atoms with van der Waals surface area (Å²) in [5, 5.41) is 6.30. The minimum atomic E-state index is -0.675. The summed E-state index contributed by atoms with van der Waals surface area (Å²) in [4.78, 5) is 28.9. The fraction of sp³-hybridized carbons (Fsp3) is 0.370. The highest BCUT2D eigenvalue weighted by molar-refractivity contribution is 7.13. The van der Waals surface area contributed by atoms with Crippen LogP contribution in [-0.4, -0.2) is 47.2 Å². The number of amides is 2. The molecule has 7 nitrogen and oxygen atoms in total. The lowest BCUT2D eigenvalue weighted by molar-refractivity contribution is -0.160. The Morgan fingerprint density at radius 1 is 1.28 bits per heavy atom. The summed E-state index contributed by atoms with van der Waals surface area (Å²) in [7, 11) is 0. The number of nitrogens with one attached hydrogen (secondary N) is 1. The maximum atomic E-state index is 12.7. The number of hydrogen-bond acceptors (Lipinski definition) is 6. The standard InChI is InChI=1S/C16H20ClNO3.C11H10N2OS/c1-16(2)20-10-14(21-16)15(19)18-8-4-7-13(18)11-5-3-6-12(17)9-11;14-8-12-7-9-1-3-10(4-2-9)11-13-5-6-15-11/h3,5-6,9,13-14H,4,7-8,10H2,1-2H3;1-6,8H,7H2,(H,12,14)/t13?,14-;/m1./s1. The fourth-order valence-electron chi connectivity index (χ4n) is 4.38. The van der Waals surface area contributed by atoms with Crippen LogP contribution < -0.4 is 5.32 Å². The Labute approximate surface area is 220 Å². The summed E-state index contributed by atoms with van der Waals surface area (Å²) >= 11 is 7.68. The first kappa shape index (κ1) is 26.3. The predicted octanol–water partition coefficient (Wildman–Crippen LogP) is 5.21. The van der Waals surface area contributed by atoms with Crippen LogP contribution in [0.15, 0.2) is 60.1 Å². The molecule has 2 amide bonds. The van der Waals surface area contributed by atoms with Crippen LogP contribution in [0.1, 0.15) is 43.9 Å². The minimum absolute atomic E-state index is 0.0167. The summed E-state index contributed by atoms with van der Waals surface area (Å²) in [5.74, 6) is -0.658. The molecule has 2 fully saturated rings. The molecule has 0 saturated carbocycles. The average molecular weight is 528 g/mol. The quantitative estimate of drug-likeness (QED) is 0.445. The molecule has 9 heteroatoms. The molecule has 0 bridgehead atoms. The molecule has 2 aromatic carbocycles. The van der Waals surface area contributed by atoms with Gasteiger partial charge in [0.15, 0.2) is 11.9 Å². The van der Waals surface area contributed by atoms with Crippen LogP contribution in [0.3, 0.4) is 0 Å². The first-order chi connectivity index (χ1) is 17.4. The fourth-order valence-corrected chi connectivity index (χ4v) is 5.22. The van der Waals surface area contributed by atoms with Crippen LogP contribution in [-0.2, 0) is 25.6 Å². The van der Waals surface area contributed by atoms with Crippen LogP contribution in [0.2, 0.25) is 5.02 Å². The van der Waals surface area contributed by atoms with Gasteiger partial charge in [-0.25, -0.2) is 4.98 Å². The molecule has 2 atom stereocenters. The second-order valence-corrected chi connectivity index (χ2v) is 10.4. The SMILES string of the molecule is CC1(C)OC[C@H](C(=O)N2CCCC2c2cccc(Cl)c2)O1.O=CNCc1ccc(-c2nccs2)cc1. The van der Waals surface area contributed by atoms with Crippen molar-refractivity contribution < 1.29 is 19.1 Å². The molecule has 1 aromatic heterocycles. The molecule has 3 heterocycles. The summed E-state index contributed by atoms with van der Waals surface area (Å²) < 4.78 is 11.2. The Hall–Kier alpha value is -2.78. The zero-order chi connectivity index (χ0) is 25.5. The van der Waals surface area contributed by atoms with E-state index in [1.807, 2.05) is 72.7 Å². The van der Waals surface area contributed by atoms with Gasteiger partial charge < -0.3 is 19.7 Å². The maximum Gasteiger partial charge on any atom is 0.254 e. The van der Waals surface area contributed by atoms with Crippen molar-refractivity contribution in [3.63, 3.8) is 0 Å². The maximum absolute atomic E-state index is 12.7. The molecule has 2 aliphatic heterocycles. The Morgan fingerprint density at radius 3 is 2.72 bits per heavy atom. The molecular weight excluding hydrogens is 498 g/mol. The minimum Gasteiger partial charge on any atom is -0.355 e. The number of aromatic nitrogens is 1. The molecule has 1 unspecified atom stereocenters. The number of nitrogens with zero attached hydrogens (tertiary/aromatic N) is 2. The van der Waals surface area contributed by atoms with Gasteiger partial charge in [0.2, 0.25) is 6.41 Å². The largest absolute Gasteiger partial charge is 0.355 e. The van der Waals surface area contributed by atoms with Crippen molar-refractivity contribution in [3.8, 4) is 10.6 Å². The summed E-state index contributed by atoms with van der Waals surface area (Å²) in [6, 6.07) is 15.8. The van der Waals surface area contributed by atoms with E-state index in [1.165, 1.54) is 0 Å². The van der Waals surface area contributed by atoms with Gasteiger partial charge >= 0.3 is 0 Å². The zero-order valence-electron chi connectivity index (χ0n) is 20.4. The molecule has 36 heavy (non-hydrogen) atoms. The van der Waals surface area contributed by atoms with E-state index in [2.05, 4.69) is 10.3 Å². The van der Waals surface area contributed by atoms with Gasteiger partial charge in [0.05, 0.1) is 12.6 Å². The number of carbonyl (C=O) groups excluding carboxylic acids is 2. The van der Waals surface area contributed by atoms with Crippen LogP contribution >= 0.6 is 22.9 Å². The number of benzene rings is 2. The number of halogens is 1. The number of hydrogen-bond donors (Lipinski definition) is 1. The van der Waals surface area contributed by atoms with E-state index in [4.69, 9.17) is 21.1 Å². The third-order valence-corrected chi connectivity index (χ3v) is 7.13. The van der Waals surface area contributed by atoms with Gasteiger partial charge in [0.25, 0.3) is 5.91 Å². The first-order valence-electron chi connectivity index (χ1n) is 11.9. The summed E-state index contributed by atoms with van der Waals surface area (Å²) in [6.07, 6.45) is 3.96. The van der Waals surface area contributed by atoms with Crippen LogP contribution in [0, 0.1) is 0 Å². The molecule has 5 rings (SSSR count). The van der Waals surface area contributed by atoms with E-state index in [9.17, 15) is 9.59 Å². The predicted molar refractivity (Wildman–Crippen MR) is 140 cm³/mol. The van der Waals surface area contributed by atoms with Gasteiger partial charge in [-0.3, -0.25) is 9.59 Å². The zero-order valence-corrected chi connectivity index (χ0v) is 21.9. The smallest absolute Gasteiger partial charge is 0.254 e. The number of likely N-dealkylation sites (tertiary alicyclic amines) is 1. The van der Waals surface area contributed by atoms with Crippen molar-refractivity contribution in [1.82, 2.24) is 15.2 Å². The van der Waals surface area contributed by atoms with Gasteiger partial charge in [-0.05, 0) is 49.9 Å². The average Bonchev–Trinajstić information content (AvgIpc) is 3.64. The van der Waals surface area contributed by atoms with Crippen molar-refractivity contribution in [1.29, 1.82) is 0 Å². The van der Waals surface area contributed by atoms with E-state index in [1.54, 1.807) is 17.5 Å². The molecule has 2 aliphatic rings. The lowest BCUT2D eigenvalue weighted by Gasteiger charge is -2.27. The van der Waals surface area contributed by atoms with Crippen molar-refractivity contribution in [3.05, 3.63) is 76.3 Å². The molecular formula is C27H30ClN3O4S. The lowest BCUT2D eigenvalue weighted by Crippen LogP contribution is -2.40. The van der Waals surface area contributed by atoms with Crippen molar-refractivity contribution in [2.75, 3.05) is 13.2 Å². The molecule has 3 aromatic rings. The van der Waals surface area contributed by atoms with Crippen LogP contribution in [0.4, 0.5) is 0 Å². The van der Waals surface area contributed by atoms with E-state index in [0.29, 0.717) is 24.6 Å². The highest BCUT2D eigenvalue weighted by Gasteiger charge is 2.41. The van der Waals surface area contributed by atoms with Gasteiger partial charge in [-0.15, -0.1) is 11.3 Å². The Kier molecular flexibility index (Phi) is 8.74. The Bertz CT molecular complexity index is 1150. The highest BCUT2D eigenvalue weighted by Crippen LogP contribution is 2.35. The molecule has 0 spiro atoms. The van der Waals surface area contributed by atoms with Crippen molar-refractivity contribution >= 4 is 35.3 Å². The second-order valence-electron chi connectivity index (χ2n) is 9.09.